The number of aryl methyl sites for hydroxylation is 1. The van der Waals surface area contributed by atoms with Crippen LogP contribution in [0.25, 0.3) is 11.0 Å². The van der Waals surface area contributed by atoms with Crippen LogP contribution in [0, 0.1) is 12.8 Å². The van der Waals surface area contributed by atoms with Crippen LogP contribution in [0.3, 0.4) is 0 Å². The predicted molar refractivity (Wildman–Crippen MR) is 95.1 cm³/mol. The minimum Gasteiger partial charge on any atom is -0.325 e. The van der Waals surface area contributed by atoms with Crippen molar-refractivity contribution in [2.24, 2.45) is 11.0 Å². The molecule has 1 aliphatic carbocycles. The third-order valence-electron chi connectivity index (χ3n) is 5.36. The number of nitrogens with zero attached hydrogens (tertiary/aromatic N) is 3. The SMILES string of the molecule is Cc1nc2ccc(C3=NNC(=O)CC3C)cc2n1C1CCCCC1. The van der Waals surface area contributed by atoms with Gasteiger partial charge in [-0.1, -0.05) is 32.3 Å². The zero-order valence-corrected chi connectivity index (χ0v) is 14.4. The fourth-order valence-electron chi connectivity index (χ4n) is 4.18. The Bertz CT molecular complexity index is 814. The van der Waals surface area contributed by atoms with Crippen molar-refractivity contribution < 1.29 is 4.79 Å². The van der Waals surface area contributed by atoms with Crippen molar-refractivity contribution in [3.63, 3.8) is 0 Å². The van der Waals surface area contributed by atoms with Gasteiger partial charge in [0, 0.05) is 23.9 Å². The van der Waals surface area contributed by atoms with E-state index in [4.69, 9.17) is 4.98 Å². The molecule has 1 saturated carbocycles. The molecule has 5 heteroatoms. The van der Waals surface area contributed by atoms with Crippen LogP contribution in [0.5, 0.6) is 0 Å². The van der Waals surface area contributed by atoms with E-state index in [0.29, 0.717) is 12.5 Å². The Balaban J connectivity index is 1.78. The van der Waals surface area contributed by atoms with Crippen molar-refractivity contribution in [2.45, 2.75) is 58.4 Å². The Kier molecular flexibility index (Phi) is 3.87. The average molecular weight is 324 g/mol. The van der Waals surface area contributed by atoms with Gasteiger partial charge >= 0.3 is 0 Å². The summed E-state index contributed by atoms with van der Waals surface area (Å²) in [4.78, 5) is 16.3. The molecule has 1 atom stereocenters. The van der Waals surface area contributed by atoms with E-state index in [1.54, 1.807) is 0 Å². The summed E-state index contributed by atoms with van der Waals surface area (Å²) in [7, 11) is 0. The number of hydrogen-bond donors (Lipinski definition) is 1. The lowest BCUT2D eigenvalue weighted by molar-refractivity contribution is -0.121. The molecular formula is C19H24N4O. The second kappa shape index (κ2) is 6.04. The van der Waals surface area contributed by atoms with Crippen molar-refractivity contribution in [3.8, 4) is 0 Å². The van der Waals surface area contributed by atoms with E-state index < -0.39 is 0 Å². The van der Waals surface area contributed by atoms with Gasteiger partial charge in [0.2, 0.25) is 5.91 Å². The highest BCUT2D eigenvalue weighted by Gasteiger charge is 2.24. The number of nitrogens with one attached hydrogen (secondary N) is 1. The maximum absolute atomic E-state index is 11.5. The van der Waals surface area contributed by atoms with E-state index in [9.17, 15) is 4.79 Å². The number of imidazole rings is 1. The smallest absolute Gasteiger partial charge is 0.240 e. The van der Waals surface area contributed by atoms with Crippen molar-refractivity contribution in [2.75, 3.05) is 0 Å². The molecule has 2 heterocycles. The van der Waals surface area contributed by atoms with Gasteiger partial charge in [0.25, 0.3) is 0 Å². The summed E-state index contributed by atoms with van der Waals surface area (Å²) in [6.45, 7) is 4.17. The molecule has 1 unspecified atom stereocenters. The van der Waals surface area contributed by atoms with Crippen molar-refractivity contribution in [1.29, 1.82) is 0 Å². The zero-order valence-electron chi connectivity index (χ0n) is 14.4. The highest BCUT2D eigenvalue weighted by molar-refractivity contribution is 6.07. The Labute approximate surface area is 142 Å². The number of aromatic nitrogens is 2. The summed E-state index contributed by atoms with van der Waals surface area (Å²) in [5.74, 6) is 1.24. The third-order valence-corrected chi connectivity index (χ3v) is 5.36. The molecule has 4 rings (SSSR count). The first-order valence-electron chi connectivity index (χ1n) is 8.99. The largest absolute Gasteiger partial charge is 0.325 e. The van der Waals surface area contributed by atoms with E-state index in [0.717, 1.165) is 22.6 Å². The van der Waals surface area contributed by atoms with Gasteiger partial charge in [0.1, 0.15) is 5.82 Å². The van der Waals surface area contributed by atoms with Gasteiger partial charge < -0.3 is 4.57 Å². The molecule has 0 radical (unpaired) electrons. The normalized spacial score (nSPS) is 22.5. The van der Waals surface area contributed by atoms with Gasteiger partial charge in [-0.25, -0.2) is 10.4 Å². The van der Waals surface area contributed by atoms with Gasteiger partial charge in [-0.15, -0.1) is 0 Å². The summed E-state index contributed by atoms with van der Waals surface area (Å²) < 4.78 is 2.42. The van der Waals surface area contributed by atoms with E-state index in [-0.39, 0.29) is 11.8 Å². The first-order chi connectivity index (χ1) is 11.6. The fraction of sp³-hybridized carbons (Fsp3) is 0.526. The summed E-state index contributed by atoms with van der Waals surface area (Å²) in [5.41, 5.74) is 6.92. The summed E-state index contributed by atoms with van der Waals surface area (Å²) in [6.07, 6.45) is 6.94. The molecular weight excluding hydrogens is 300 g/mol. The maximum Gasteiger partial charge on any atom is 0.240 e. The first kappa shape index (κ1) is 15.4. The van der Waals surface area contributed by atoms with Crippen LogP contribution in [0.4, 0.5) is 0 Å². The van der Waals surface area contributed by atoms with Crippen LogP contribution in [0.15, 0.2) is 23.3 Å². The fourth-order valence-corrected chi connectivity index (χ4v) is 4.18. The van der Waals surface area contributed by atoms with Crippen LogP contribution < -0.4 is 5.43 Å². The molecule has 0 spiro atoms. The molecule has 1 fully saturated rings. The lowest BCUT2D eigenvalue weighted by atomic mass is 9.93. The molecule has 5 nitrogen and oxygen atoms in total. The van der Waals surface area contributed by atoms with E-state index in [2.05, 4.69) is 47.1 Å². The molecule has 24 heavy (non-hydrogen) atoms. The molecule has 1 amide bonds. The lowest BCUT2D eigenvalue weighted by Crippen LogP contribution is -2.31. The molecule has 0 bridgehead atoms. The second-order valence-corrected chi connectivity index (χ2v) is 7.16. The number of amides is 1. The molecule has 2 aliphatic rings. The Morgan fingerprint density at radius 2 is 2.00 bits per heavy atom. The van der Waals surface area contributed by atoms with E-state index in [1.807, 2.05) is 0 Å². The standard InChI is InChI=1S/C19H24N4O/c1-12-10-18(24)21-22-19(12)14-8-9-16-17(11-14)23(13(2)20-16)15-6-4-3-5-7-15/h8-9,11-12,15H,3-7,10H2,1-2H3,(H,21,24). The molecule has 1 N–H and O–H groups in total. The van der Waals surface area contributed by atoms with E-state index >= 15 is 0 Å². The Morgan fingerprint density at radius 1 is 1.21 bits per heavy atom. The van der Waals surface area contributed by atoms with Gasteiger partial charge in [-0.2, -0.15) is 5.10 Å². The van der Waals surface area contributed by atoms with Crippen LogP contribution in [-0.4, -0.2) is 21.2 Å². The highest BCUT2D eigenvalue weighted by atomic mass is 16.2. The number of benzene rings is 1. The number of fused-ring (bicyclic) bond motifs is 1. The Morgan fingerprint density at radius 3 is 2.75 bits per heavy atom. The monoisotopic (exact) mass is 324 g/mol. The van der Waals surface area contributed by atoms with E-state index in [1.165, 1.54) is 37.6 Å². The minimum atomic E-state index is -0.00424. The number of hydrogen-bond acceptors (Lipinski definition) is 3. The predicted octanol–water partition coefficient (Wildman–Crippen LogP) is 3.71. The number of carbonyl (C=O) groups excluding carboxylic acids is 1. The topological polar surface area (TPSA) is 59.3 Å². The van der Waals surface area contributed by atoms with Crippen molar-refractivity contribution >= 4 is 22.7 Å². The van der Waals surface area contributed by atoms with Crippen molar-refractivity contribution in [1.82, 2.24) is 15.0 Å². The lowest BCUT2D eigenvalue weighted by Gasteiger charge is -2.25. The summed E-state index contributed by atoms with van der Waals surface area (Å²) >= 11 is 0. The maximum atomic E-state index is 11.5. The third kappa shape index (κ3) is 2.62. The van der Waals surface area contributed by atoms with Gasteiger partial charge in [-0.05, 0) is 31.9 Å². The molecule has 2 aromatic rings. The average Bonchev–Trinajstić information content (AvgIpc) is 2.90. The van der Waals surface area contributed by atoms with Crippen LogP contribution in [-0.2, 0) is 4.79 Å². The molecule has 1 aliphatic heterocycles. The van der Waals surface area contributed by atoms with Crippen LogP contribution in [0.1, 0.15) is 62.9 Å². The highest BCUT2D eigenvalue weighted by Crippen LogP contribution is 2.33. The number of rotatable bonds is 2. The molecule has 1 aromatic heterocycles. The molecule has 126 valence electrons. The van der Waals surface area contributed by atoms with Crippen molar-refractivity contribution in [3.05, 3.63) is 29.6 Å². The number of carbonyl (C=O) groups is 1. The van der Waals surface area contributed by atoms with Crippen LogP contribution >= 0.6 is 0 Å². The quantitative estimate of drug-likeness (QED) is 0.915. The second-order valence-electron chi connectivity index (χ2n) is 7.16. The minimum absolute atomic E-state index is 0.00424. The molecule has 1 aromatic carbocycles. The summed E-state index contributed by atoms with van der Waals surface area (Å²) in [5, 5.41) is 4.30. The van der Waals surface area contributed by atoms with Gasteiger partial charge in [0.15, 0.2) is 0 Å². The Hall–Kier alpha value is -2.17. The number of hydrazone groups is 1. The van der Waals surface area contributed by atoms with Gasteiger partial charge in [0.05, 0.1) is 16.7 Å². The van der Waals surface area contributed by atoms with Gasteiger partial charge in [-0.3, -0.25) is 4.79 Å². The first-order valence-corrected chi connectivity index (χ1v) is 8.99. The molecule has 0 saturated heterocycles. The summed E-state index contributed by atoms with van der Waals surface area (Å²) in [6, 6.07) is 6.93. The zero-order chi connectivity index (χ0) is 16.7. The van der Waals surface area contributed by atoms with Crippen LogP contribution in [0.2, 0.25) is 0 Å².